The predicted octanol–water partition coefficient (Wildman–Crippen LogP) is 0.819. The van der Waals surface area contributed by atoms with E-state index in [4.69, 9.17) is 5.11 Å². The Bertz CT molecular complexity index is 281. The minimum absolute atomic E-state index is 0.0754. The number of rotatable bonds is 4. The summed E-state index contributed by atoms with van der Waals surface area (Å²) in [5.74, 6) is -0.569. The molecule has 0 aromatic carbocycles. The number of hydrogen-bond donors (Lipinski definition) is 1. The van der Waals surface area contributed by atoms with Crippen LogP contribution in [0, 0.1) is 0 Å². The third-order valence-electron chi connectivity index (χ3n) is 2.38. The molecule has 1 N–H and O–H groups in total. The Kier molecular flexibility index (Phi) is 3.30. The second-order valence-electron chi connectivity index (χ2n) is 3.42. The highest BCUT2D eigenvalue weighted by Crippen LogP contribution is 2.24. The van der Waals surface area contributed by atoms with Gasteiger partial charge < -0.3 is 5.11 Å². The highest BCUT2D eigenvalue weighted by molar-refractivity contribution is 7.92. The van der Waals surface area contributed by atoms with Crippen LogP contribution in [0.2, 0.25) is 0 Å². The van der Waals surface area contributed by atoms with Crippen LogP contribution < -0.4 is 0 Å². The second-order valence-corrected chi connectivity index (χ2v) is 5.82. The lowest BCUT2D eigenvalue weighted by Gasteiger charge is -2.06. The number of carbonyl (C=O) groups is 1. The van der Waals surface area contributed by atoms with Gasteiger partial charge in [-0.1, -0.05) is 0 Å². The largest absolute Gasteiger partial charge is 0.481 e. The molecule has 1 saturated heterocycles. The summed E-state index contributed by atoms with van der Waals surface area (Å²) in [7, 11) is -2.88. The van der Waals surface area contributed by atoms with Gasteiger partial charge in [0.25, 0.3) is 0 Å². The zero-order valence-corrected chi connectivity index (χ0v) is 8.22. The first-order chi connectivity index (χ1) is 6.02. The summed E-state index contributed by atoms with van der Waals surface area (Å²) in [6, 6.07) is 0. The van der Waals surface area contributed by atoms with Crippen molar-refractivity contribution >= 4 is 15.8 Å². The normalized spacial score (nSPS) is 26.0. The topological polar surface area (TPSA) is 71.4 Å². The molecule has 0 spiro atoms. The standard InChI is InChI=1S/C8H14O4S/c9-8(10)5-1-3-7-4-2-6-13(7,11)12/h7H,1-6H2,(H,9,10). The van der Waals surface area contributed by atoms with Gasteiger partial charge in [-0.05, 0) is 25.7 Å². The zero-order chi connectivity index (χ0) is 9.90. The molecule has 1 atom stereocenters. The molecule has 0 amide bonds. The van der Waals surface area contributed by atoms with Crippen LogP contribution >= 0.6 is 0 Å². The molecule has 1 fully saturated rings. The minimum Gasteiger partial charge on any atom is -0.481 e. The average Bonchev–Trinajstić information content (AvgIpc) is 2.30. The fourth-order valence-electron chi connectivity index (χ4n) is 1.66. The van der Waals surface area contributed by atoms with Gasteiger partial charge in [-0.25, -0.2) is 8.42 Å². The molecule has 13 heavy (non-hydrogen) atoms. The third-order valence-corrected chi connectivity index (χ3v) is 4.72. The van der Waals surface area contributed by atoms with Gasteiger partial charge in [0.1, 0.15) is 0 Å². The third kappa shape index (κ3) is 2.99. The highest BCUT2D eigenvalue weighted by atomic mass is 32.2. The Labute approximate surface area is 77.9 Å². The Balaban J connectivity index is 2.33. The molecule has 0 saturated carbocycles. The van der Waals surface area contributed by atoms with Crippen LogP contribution in [0.4, 0.5) is 0 Å². The van der Waals surface area contributed by atoms with Crippen molar-refractivity contribution in [3.05, 3.63) is 0 Å². The molecule has 0 aliphatic carbocycles. The van der Waals surface area contributed by atoms with E-state index >= 15 is 0 Å². The van der Waals surface area contributed by atoms with Crippen LogP contribution in [0.3, 0.4) is 0 Å². The van der Waals surface area contributed by atoms with Crippen LogP contribution in [0.1, 0.15) is 32.1 Å². The van der Waals surface area contributed by atoms with E-state index in [1.807, 2.05) is 0 Å². The first-order valence-corrected chi connectivity index (χ1v) is 6.17. The fraction of sp³-hybridized carbons (Fsp3) is 0.875. The van der Waals surface area contributed by atoms with Crippen molar-refractivity contribution in [3.8, 4) is 0 Å². The molecule has 1 aliphatic heterocycles. The maximum absolute atomic E-state index is 11.3. The number of hydrogen-bond acceptors (Lipinski definition) is 3. The monoisotopic (exact) mass is 206 g/mol. The van der Waals surface area contributed by atoms with Crippen LogP contribution in [0.5, 0.6) is 0 Å². The fourth-order valence-corrected chi connectivity index (χ4v) is 3.62. The summed E-state index contributed by atoms with van der Waals surface area (Å²) in [5, 5.41) is 8.10. The van der Waals surface area contributed by atoms with E-state index in [0.717, 1.165) is 6.42 Å². The molecule has 0 radical (unpaired) electrons. The maximum Gasteiger partial charge on any atom is 0.303 e. The lowest BCUT2D eigenvalue weighted by Crippen LogP contribution is -2.15. The Morgan fingerprint density at radius 3 is 2.62 bits per heavy atom. The van der Waals surface area contributed by atoms with Crippen molar-refractivity contribution in [2.45, 2.75) is 37.4 Å². The van der Waals surface area contributed by atoms with Crippen molar-refractivity contribution in [3.63, 3.8) is 0 Å². The first kappa shape index (κ1) is 10.5. The molecule has 4 nitrogen and oxygen atoms in total. The molecule has 0 aromatic rings. The average molecular weight is 206 g/mol. The number of aliphatic carboxylic acids is 1. The lowest BCUT2D eigenvalue weighted by atomic mass is 10.1. The summed E-state index contributed by atoms with van der Waals surface area (Å²) in [6.07, 6.45) is 2.50. The summed E-state index contributed by atoms with van der Waals surface area (Å²) in [5.41, 5.74) is 0. The van der Waals surface area contributed by atoms with E-state index in [9.17, 15) is 13.2 Å². The molecule has 76 valence electrons. The predicted molar refractivity (Wildman–Crippen MR) is 48.3 cm³/mol. The van der Waals surface area contributed by atoms with Gasteiger partial charge in [0.15, 0.2) is 9.84 Å². The minimum atomic E-state index is -2.88. The van der Waals surface area contributed by atoms with Gasteiger partial charge in [-0.3, -0.25) is 4.79 Å². The zero-order valence-electron chi connectivity index (χ0n) is 7.40. The number of carboxylic acids is 1. The molecule has 0 bridgehead atoms. The van der Waals surface area contributed by atoms with Gasteiger partial charge in [-0.15, -0.1) is 0 Å². The first-order valence-electron chi connectivity index (χ1n) is 4.46. The summed E-state index contributed by atoms with van der Waals surface area (Å²) < 4.78 is 22.6. The van der Waals surface area contributed by atoms with Crippen LogP contribution in [0.25, 0.3) is 0 Å². The summed E-state index contributed by atoms with van der Waals surface area (Å²) in [4.78, 5) is 10.2. The van der Waals surface area contributed by atoms with Crippen molar-refractivity contribution < 1.29 is 18.3 Å². The van der Waals surface area contributed by atoms with E-state index < -0.39 is 15.8 Å². The van der Waals surface area contributed by atoms with Crippen molar-refractivity contribution in [2.75, 3.05) is 5.75 Å². The van der Waals surface area contributed by atoms with Gasteiger partial charge in [0.05, 0.1) is 11.0 Å². The molecule has 1 heterocycles. The second kappa shape index (κ2) is 4.09. The van der Waals surface area contributed by atoms with E-state index in [2.05, 4.69) is 0 Å². The lowest BCUT2D eigenvalue weighted by molar-refractivity contribution is -0.137. The van der Waals surface area contributed by atoms with Gasteiger partial charge in [-0.2, -0.15) is 0 Å². The smallest absolute Gasteiger partial charge is 0.303 e. The van der Waals surface area contributed by atoms with Crippen LogP contribution in [-0.2, 0) is 14.6 Å². The van der Waals surface area contributed by atoms with E-state index in [1.165, 1.54) is 0 Å². The van der Waals surface area contributed by atoms with E-state index in [-0.39, 0.29) is 17.4 Å². The van der Waals surface area contributed by atoms with Gasteiger partial charge in [0.2, 0.25) is 0 Å². The SMILES string of the molecule is O=C(O)CCCC1CCCS1(=O)=O. The quantitative estimate of drug-likeness (QED) is 0.739. The number of sulfone groups is 1. The van der Waals surface area contributed by atoms with Crippen molar-refractivity contribution in [1.82, 2.24) is 0 Å². The maximum atomic E-state index is 11.3. The molecular weight excluding hydrogens is 192 g/mol. The van der Waals surface area contributed by atoms with Crippen LogP contribution in [0.15, 0.2) is 0 Å². The summed E-state index contributed by atoms with van der Waals surface area (Å²) in [6.45, 7) is 0. The van der Waals surface area contributed by atoms with Crippen molar-refractivity contribution in [1.29, 1.82) is 0 Å². The van der Waals surface area contributed by atoms with Crippen molar-refractivity contribution in [2.24, 2.45) is 0 Å². The summed E-state index contributed by atoms with van der Waals surface area (Å²) >= 11 is 0. The Morgan fingerprint density at radius 1 is 1.46 bits per heavy atom. The Hall–Kier alpha value is -0.580. The van der Waals surface area contributed by atoms with Gasteiger partial charge in [0, 0.05) is 6.42 Å². The van der Waals surface area contributed by atoms with E-state index in [1.54, 1.807) is 0 Å². The Morgan fingerprint density at radius 2 is 2.15 bits per heavy atom. The molecule has 1 aliphatic rings. The highest BCUT2D eigenvalue weighted by Gasteiger charge is 2.30. The van der Waals surface area contributed by atoms with Gasteiger partial charge >= 0.3 is 5.97 Å². The number of carboxylic acid groups (broad SMARTS) is 1. The molecule has 5 heteroatoms. The molecule has 0 aromatic heterocycles. The van der Waals surface area contributed by atoms with E-state index in [0.29, 0.717) is 19.3 Å². The molecular formula is C8H14O4S. The van der Waals surface area contributed by atoms with Crippen LogP contribution in [-0.4, -0.2) is 30.5 Å². The molecule has 1 unspecified atom stereocenters. The molecule has 1 rings (SSSR count).